The van der Waals surface area contributed by atoms with E-state index in [-0.39, 0.29) is 12.2 Å². The van der Waals surface area contributed by atoms with Crippen LogP contribution in [0, 0.1) is 11.2 Å². The summed E-state index contributed by atoms with van der Waals surface area (Å²) in [4.78, 5) is 36.1. The number of rotatable bonds is 7. The summed E-state index contributed by atoms with van der Waals surface area (Å²) in [6.07, 6.45) is 3.02. The number of benzene rings is 1. The predicted octanol–water partition coefficient (Wildman–Crippen LogP) is 2.30. The number of hydrogen-bond donors (Lipinski definition) is 2. The van der Waals surface area contributed by atoms with Gasteiger partial charge in [0.05, 0.1) is 6.61 Å². The third-order valence-corrected chi connectivity index (χ3v) is 3.87. The first kappa shape index (κ1) is 18.5. The molecule has 0 saturated heterocycles. The Bertz CT molecular complexity index is 762. The van der Waals surface area contributed by atoms with Gasteiger partial charge in [0, 0.05) is 6.61 Å². The first-order chi connectivity index (χ1) is 11.8. The summed E-state index contributed by atoms with van der Waals surface area (Å²) in [6.45, 7) is 1.60. The van der Waals surface area contributed by atoms with E-state index in [9.17, 15) is 29.0 Å². The minimum absolute atomic E-state index is 0.0323. The summed E-state index contributed by atoms with van der Waals surface area (Å²) in [5.41, 5.74) is -2.41. The fourth-order valence-corrected chi connectivity index (χ4v) is 2.53. The SMILES string of the molecule is CCCOCC1(C(=O)O)C=CC(c2ccc(F)cc2)=C(C(=O)O)C1=O. The normalized spacial score (nSPS) is 20.0. The van der Waals surface area contributed by atoms with E-state index in [0.29, 0.717) is 12.0 Å². The maximum Gasteiger partial charge on any atom is 0.340 e. The van der Waals surface area contributed by atoms with Crippen LogP contribution >= 0.6 is 0 Å². The average molecular weight is 348 g/mol. The third-order valence-electron chi connectivity index (χ3n) is 3.87. The Kier molecular flexibility index (Phi) is 5.48. The second kappa shape index (κ2) is 7.40. The number of Topliss-reactive ketones (excluding diaryl/α,β-unsaturated/α-hetero) is 1. The van der Waals surface area contributed by atoms with Crippen molar-refractivity contribution >= 4 is 23.3 Å². The molecule has 0 heterocycles. The highest BCUT2D eigenvalue weighted by molar-refractivity contribution is 6.31. The highest BCUT2D eigenvalue weighted by atomic mass is 19.1. The number of aliphatic carboxylic acids is 2. The third kappa shape index (κ3) is 3.51. The molecule has 0 radical (unpaired) electrons. The summed E-state index contributed by atoms with van der Waals surface area (Å²) in [6, 6.07) is 4.91. The van der Waals surface area contributed by atoms with Gasteiger partial charge in [-0.2, -0.15) is 0 Å². The molecule has 7 heteroatoms. The van der Waals surface area contributed by atoms with Gasteiger partial charge in [-0.3, -0.25) is 9.59 Å². The second-order valence-corrected chi connectivity index (χ2v) is 5.59. The van der Waals surface area contributed by atoms with Gasteiger partial charge in [-0.25, -0.2) is 9.18 Å². The van der Waals surface area contributed by atoms with Gasteiger partial charge in [0.15, 0.2) is 11.2 Å². The summed E-state index contributed by atoms with van der Waals surface area (Å²) in [5, 5.41) is 19.0. The van der Waals surface area contributed by atoms with E-state index in [1.807, 2.05) is 6.92 Å². The van der Waals surface area contributed by atoms with E-state index in [2.05, 4.69) is 0 Å². The lowest BCUT2D eigenvalue weighted by Crippen LogP contribution is -2.45. The van der Waals surface area contributed by atoms with Crippen LogP contribution in [-0.4, -0.2) is 41.1 Å². The topological polar surface area (TPSA) is 101 Å². The molecule has 2 rings (SSSR count). The van der Waals surface area contributed by atoms with Crippen LogP contribution in [0.4, 0.5) is 4.39 Å². The molecule has 132 valence electrons. The van der Waals surface area contributed by atoms with Crippen molar-refractivity contribution < 1.29 is 33.7 Å². The Labute approximate surface area is 143 Å². The highest BCUT2D eigenvalue weighted by Crippen LogP contribution is 2.36. The molecule has 1 atom stereocenters. The van der Waals surface area contributed by atoms with Crippen LogP contribution in [0.1, 0.15) is 18.9 Å². The molecule has 25 heavy (non-hydrogen) atoms. The van der Waals surface area contributed by atoms with E-state index < -0.39 is 41.1 Å². The smallest absolute Gasteiger partial charge is 0.340 e. The molecule has 1 aliphatic carbocycles. The number of hydrogen-bond acceptors (Lipinski definition) is 4. The van der Waals surface area contributed by atoms with Crippen LogP contribution in [-0.2, 0) is 19.1 Å². The Morgan fingerprint density at radius 1 is 1.20 bits per heavy atom. The summed E-state index contributed by atoms with van der Waals surface area (Å²) in [7, 11) is 0. The number of carboxylic acid groups (broad SMARTS) is 2. The maximum atomic E-state index is 13.1. The van der Waals surface area contributed by atoms with Crippen LogP contribution in [0.5, 0.6) is 0 Å². The van der Waals surface area contributed by atoms with E-state index in [0.717, 1.165) is 18.2 Å². The minimum Gasteiger partial charge on any atom is -0.480 e. The number of ketones is 1. The zero-order chi connectivity index (χ0) is 18.6. The minimum atomic E-state index is -2.09. The van der Waals surface area contributed by atoms with E-state index in [1.165, 1.54) is 18.2 Å². The molecule has 6 nitrogen and oxygen atoms in total. The maximum absolute atomic E-state index is 13.1. The van der Waals surface area contributed by atoms with Crippen LogP contribution in [0.25, 0.3) is 5.57 Å². The first-order valence-electron chi connectivity index (χ1n) is 7.62. The summed E-state index contributed by atoms with van der Waals surface area (Å²) < 4.78 is 18.3. The molecule has 0 fully saturated rings. The quantitative estimate of drug-likeness (QED) is 0.445. The zero-order valence-corrected chi connectivity index (χ0v) is 13.5. The van der Waals surface area contributed by atoms with Gasteiger partial charge in [-0.05, 0) is 29.7 Å². The molecule has 0 aromatic heterocycles. The standard InChI is InChI=1S/C18H17FO6/c1-2-9-25-10-18(17(23)24)8-7-13(14(15(18)20)16(21)22)11-3-5-12(19)6-4-11/h3-8H,2,9-10H2,1H3,(H,21,22)(H,23,24). The van der Waals surface area contributed by atoms with Crippen molar-refractivity contribution in [3.63, 3.8) is 0 Å². The number of halogens is 1. The van der Waals surface area contributed by atoms with Crippen molar-refractivity contribution in [2.45, 2.75) is 13.3 Å². The van der Waals surface area contributed by atoms with Crippen LogP contribution < -0.4 is 0 Å². The molecule has 1 unspecified atom stereocenters. The molecule has 1 aromatic carbocycles. The number of ether oxygens (including phenoxy) is 1. The lowest BCUT2D eigenvalue weighted by atomic mass is 9.74. The van der Waals surface area contributed by atoms with Crippen molar-refractivity contribution in [3.05, 3.63) is 53.4 Å². The zero-order valence-electron chi connectivity index (χ0n) is 13.5. The Morgan fingerprint density at radius 2 is 1.84 bits per heavy atom. The van der Waals surface area contributed by atoms with E-state index in [4.69, 9.17) is 4.74 Å². The molecule has 2 N–H and O–H groups in total. The van der Waals surface area contributed by atoms with Gasteiger partial charge in [0.25, 0.3) is 0 Å². The van der Waals surface area contributed by atoms with Crippen LogP contribution in [0.2, 0.25) is 0 Å². The van der Waals surface area contributed by atoms with Gasteiger partial charge < -0.3 is 14.9 Å². The molecular formula is C18H17FO6. The Balaban J connectivity index is 2.53. The van der Waals surface area contributed by atoms with Crippen LogP contribution in [0.3, 0.4) is 0 Å². The van der Waals surface area contributed by atoms with Gasteiger partial charge in [-0.1, -0.05) is 31.2 Å². The van der Waals surface area contributed by atoms with Gasteiger partial charge >= 0.3 is 11.9 Å². The van der Waals surface area contributed by atoms with Crippen molar-refractivity contribution in [2.24, 2.45) is 5.41 Å². The molecule has 0 saturated carbocycles. The van der Waals surface area contributed by atoms with Gasteiger partial charge in [0.2, 0.25) is 0 Å². The van der Waals surface area contributed by atoms with Crippen molar-refractivity contribution in [3.8, 4) is 0 Å². The number of allylic oxidation sites excluding steroid dienone is 2. The first-order valence-corrected chi connectivity index (χ1v) is 7.62. The predicted molar refractivity (Wildman–Crippen MR) is 86.3 cm³/mol. The fourth-order valence-electron chi connectivity index (χ4n) is 2.53. The number of carbonyl (C=O) groups is 3. The monoisotopic (exact) mass is 348 g/mol. The fraction of sp³-hybridized carbons (Fsp3) is 0.278. The second-order valence-electron chi connectivity index (χ2n) is 5.59. The summed E-state index contributed by atoms with van der Waals surface area (Å²) >= 11 is 0. The Hall–Kier alpha value is -2.80. The number of carboxylic acids is 2. The van der Waals surface area contributed by atoms with Crippen molar-refractivity contribution in [1.29, 1.82) is 0 Å². The number of carbonyl (C=O) groups excluding carboxylic acids is 1. The molecule has 0 bridgehead atoms. The summed E-state index contributed by atoms with van der Waals surface area (Å²) in [5.74, 6) is -4.61. The molecule has 0 spiro atoms. The molecule has 1 aromatic rings. The van der Waals surface area contributed by atoms with Crippen LogP contribution in [0.15, 0.2) is 42.0 Å². The van der Waals surface area contributed by atoms with E-state index in [1.54, 1.807) is 0 Å². The largest absolute Gasteiger partial charge is 0.480 e. The van der Waals surface area contributed by atoms with E-state index >= 15 is 0 Å². The highest BCUT2D eigenvalue weighted by Gasteiger charge is 2.49. The van der Waals surface area contributed by atoms with Gasteiger partial charge in [0.1, 0.15) is 11.4 Å². The molecule has 0 amide bonds. The lowest BCUT2D eigenvalue weighted by molar-refractivity contribution is -0.154. The average Bonchev–Trinajstić information content (AvgIpc) is 2.56. The molecule has 0 aliphatic heterocycles. The van der Waals surface area contributed by atoms with Gasteiger partial charge in [-0.15, -0.1) is 0 Å². The Morgan fingerprint density at radius 3 is 2.36 bits per heavy atom. The molecular weight excluding hydrogens is 331 g/mol. The van der Waals surface area contributed by atoms with Crippen molar-refractivity contribution in [2.75, 3.05) is 13.2 Å². The van der Waals surface area contributed by atoms with Crippen molar-refractivity contribution in [1.82, 2.24) is 0 Å². The lowest BCUT2D eigenvalue weighted by Gasteiger charge is -2.28. The molecule has 1 aliphatic rings.